The predicted octanol–water partition coefficient (Wildman–Crippen LogP) is 0.0202. The van der Waals surface area contributed by atoms with Crippen LogP contribution in [0, 0.1) is 11.8 Å². The Hall–Kier alpha value is -3.07. The number of halogens is 3. The summed E-state index contributed by atoms with van der Waals surface area (Å²) < 4.78 is 43.0. The molecule has 1 aliphatic rings. The van der Waals surface area contributed by atoms with Crippen molar-refractivity contribution < 1.29 is 22.7 Å². The van der Waals surface area contributed by atoms with E-state index < -0.39 is 23.8 Å². The Morgan fingerprint density at radius 1 is 1.30 bits per heavy atom. The van der Waals surface area contributed by atoms with Gasteiger partial charge in [0.2, 0.25) is 0 Å². The van der Waals surface area contributed by atoms with E-state index in [1.54, 1.807) is 11.8 Å². The number of anilines is 1. The summed E-state index contributed by atoms with van der Waals surface area (Å²) >= 11 is 0. The fraction of sp³-hybridized carbons (Fsp3) is 0.467. The molecule has 9 nitrogen and oxygen atoms in total. The molecular formula is C15H15F3N6O3. The standard InChI is InChI=1S/C15H15F3N6O3/c1-2-3-6-24-9-10(21-14(24)26)20-13(27-12(25)15(16,17)18)22-11(9)23-7-4-19-5-8-23/h19H,4-8H2,1H3,(H,20,21,22,26). The lowest BCUT2D eigenvalue weighted by Gasteiger charge is -2.29. The maximum Gasteiger partial charge on any atom is 0.491 e. The first kappa shape index (κ1) is 18.7. The van der Waals surface area contributed by atoms with Crippen LogP contribution in [0.2, 0.25) is 0 Å². The van der Waals surface area contributed by atoms with Crippen LogP contribution in [0.1, 0.15) is 6.92 Å². The van der Waals surface area contributed by atoms with E-state index in [0.717, 1.165) is 0 Å². The van der Waals surface area contributed by atoms with Crippen LogP contribution >= 0.6 is 0 Å². The van der Waals surface area contributed by atoms with Crippen molar-refractivity contribution in [3.05, 3.63) is 10.5 Å². The van der Waals surface area contributed by atoms with Gasteiger partial charge in [-0.1, -0.05) is 5.92 Å². The van der Waals surface area contributed by atoms with Crippen LogP contribution in [0.4, 0.5) is 19.0 Å². The summed E-state index contributed by atoms with van der Waals surface area (Å²) in [6, 6.07) is -0.784. The second-order valence-electron chi connectivity index (χ2n) is 5.59. The van der Waals surface area contributed by atoms with Gasteiger partial charge in [-0.05, 0) is 6.92 Å². The van der Waals surface area contributed by atoms with E-state index >= 15 is 0 Å². The number of aromatic amines is 1. The summed E-state index contributed by atoms with van der Waals surface area (Å²) in [6.07, 6.45) is -5.19. The van der Waals surface area contributed by atoms with Gasteiger partial charge in [0.15, 0.2) is 11.5 Å². The monoisotopic (exact) mass is 384 g/mol. The van der Waals surface area contributed by atoms with Gasteiger partial charge in [0.25, 0.3) is 0 Å². The molecule has 1 fully saturated rings. The van der Waals surface area contributed by atoms with Crippen molar-refractivity contribution in [2.45, 2.75) is 19.6 Å². The molecule has 0 bridgehead atoms. The fourth-order valence-electron chi connectivity index (χ4n) is 2.62. The van der Waals surface area contributed by atoms with Crippen LogP contribution in [0.3, 0.4) is 0 Å². The first-order chi connectivity index (χ1) is 12.8. The molecule has 1 aliphatic heterocycles. The zero-order valence-corrected chi connectivity index (χ0v) is 14.2. The molecule has 0 spiro atoms. The molecule has 0 aliphatic carbocycles. The van der Waals surface area contributed by atoms with E-state index in [-0.39, 0.29) is 23.5 Å². The highest BCUT2D eigenvalue weighted by molar-refractivity contribution is 5.85. The average molecular weight is 384 g/mol. The normalized spacial score (nSPS) is 14.7. The molecule has 3 rings (SSSR count). The Bertz CT molecular complexity index is 979. The van der Waals surface area contributed by atoms with Crippen molar-refractivity contribution in [1.82, 2.24) is 24.8 Å². The lowest BCUT2D eigenvalue weighted by molar-refractivity contribution is -0.190. The molecule has 27 heavy (non-hydrogen) atoms. The Morgan fingerprint density at radius 3 is 2.63 bits per heavy atom. The molecule has 3 heterocycles. The number of nitrogens with one attached hydrogen (secondary N) is 2. The van der Waals surface area contributed by atoms with Crippen molar-refractivity contribution in [2.75, 3.05) is 31.1 Å². The average Bonchev–Trinajstić information content (AvgIpc) is 2.94. The molecule has 144 valence electrons. The molecule has 0 aromatic carbocycles. The second kappa shape index (κ2) is 7.28. The number of imidazole rings is 1. The molecule has 0 radical (unpaired) electrons. The van der Waals surface area contributed by atoms with E-state index in [2.05, 4.69) is 36.8 Å². The minimum atomic E-state index is -5.19. The van der Waals surface area contributed by atoms with Gasteiger partial charge in [0.05, 0.1) is 6.54 Å². The lowest BCUT2D eigenvalue weighted by atomic mass is 10.3. The highest BCUT2D eigenvalue weighted by Crippen LogP contribution is 2.26. The molecule has 0 saturated carbocycles. The van der Waals surface area contributed by atoms with Crippen molar-refractivity contribution in [3.8, 4) is 17.9 Å². The highest BCUT2D eigenvalue weighted by Gasteiger charge is 2.42. The maximum atomic E-state index is 12.5. The number of aromatic nitrogens is 4. The molecule has 2 aromatic heterocycles. The minimum Gasteiger partial charge on any atom is -0.384 e. The Labute approximate surface area is 150 Å². The van der Waals surface area contributed by atoms with Gasteiger partial charge in [-0.25, -0.2) is 9.59 Å². The predicted molar refractivity (Wildman–Crippen MR) is 88.4 cm³/mol. The number of carbonyl (C=O) groups excluding carboxylic acids is 1. The zero-order chi connectivity index (χ0) is 19.6. The van der Waals surface area contributed by atoms with Crippen LogP contribution in [-0.4, -0.2) is 57.8 Å². The Morgan fingerprint density at radius 2 is 2.00 bits per heavy atom. The van der Waals surface area contributed by atoms with E-state index in [1.165, 1.54) is 4.57 Å². The topological polar surface area (TPSA) is 105 Å². The zero-order valence-electron chi connectivity index (χ0n) is 14.2. The van der Waals surface area contributed by atoms with Crippen LogP contribution in [0.25, 0.3) is 11.2 Å². The molecule has 0 atom stereocenters. The molecule has 1 saturated heterocycles. The summed E-state index contributed by atoms with van der Waals surface area (Å²) in [5, 5.41) is 3.14. The summed E-state index contributed by atoms with van der Waals surface area (Å²) in [6.45, 7) is 3.90. The van der Waals surface area contributed by atoms with Gasteiger partial charge in [-0.2, -0.15) is 23.1 Å². The number of nitrogens with zero attached hydrogens (tertiary/aromatic N) is 4. The number of esters is 1. The lowest BCUT2D eigenvalue weighted by Crippen LogP contribution is -2.44. The van der Waals surface area contributed by atoms with Gasteiger partial charge < -0.3 is 15.0 Å². The number of H-pyrrole nitrogens is 1. The summed E-state index contributed by atoms with van der Waals surface area (Å²) in [5.41, 5.74) is -0.291. The quantitative estimate of drug-likeness (QED) is 0.568. The fourth-order valence-corrected chi connectivity index (χ4v) is 2.62. The second-order valence-corrected chi connectivity index (χ2v) is 5.59. The number of hydrogen-bond acceptors (Lipinski definition) is 7. The van der Waals surface area contributed by atoms with Crippen LogP contribution < -0.4 is 20.6 Å². The van der Waals surface area contributed by atoms with Crippen LogP contribution in [-0.2, 0) is 11.3 Å². The summed E-state index contributed by atoms with van der Waals surface area (Å²) in [4.78, 5) is 35.3. The number of ether oxygens (including phenoxy) is 1. The number of carbonyl (C=O) groups is 1. The molecule has 2 N–H and O–H groups in total. The van der Waals surface area contributed by atoms with Crippen LogP contribution in [0.5, 0.6) is 6.01 Å². The third-order valence-corrected chi connectivity index (χ3v) is 3.83. The summed E-state index contributed by atoms with van der Waals surface area (Å²) in [7, 11) is 0. The molecule has 2 aromatic rings. The third-order valence-electron chi connectivity index (χ3n) is 3.83. The maximum absolute atomic E-state index is 12.5. The number of hydrogen-bond donors (Lipinski definition) is 2. The van der Waals surface area contributed by atoms with Gasteiger partial charge >= 0.3 is 23.8 Å². The number of piperazine rings is 1. The number of alkyl halides is 3. The van der Waals surface area contributed by atoms with Gasteiger partial charge in [0, 0.05) is 26.2 Å². The van der Waals surface area contributed by atoms with E-state index in [9.17, 15) is 22.8 Å². The smallest absolute Gasteiger partial charge is 0.384 e. The third kappa shape index (κ3) is 3.87. The van der Waals surface area contributed by atoms with Crippen LogP contribution in [0.15, 0.2) is 4.79 Å². The summed E-state index contributed by atoms with van der Waals surface area (Å²) in [5.74, 6) is 3.18. The van der Waals surface area contributed by atoms with Gasteiger partial charge in [-0.15, -0.1) is 5.92 Å². The van der Waals surface area contributed by atoms with E-state index in [4.69, 9.17) is 0 Å². The van der Waals surface area contributed by atoms with Gasteiger partial charge in [-0.3, -0.25) is 9.55 Å². The molecule has 12 heteroatoms. The SMILES string of the molecule is CC#CCn1c(=O)[nH]c2nc(OC(=O)C(F)(F)F)nc(N3CCNCC3)c21. The molecule has 0 unspecified atom stereocenters. The van der Waals surface area contributed by atoms with Crippen molar-refractivity contribution >= 4 is 23.0 Å². The number of rotatable bonds is 3. The van der Waals surface area contributed by atoms with E-state index in [1.807, 2.05) is 0 Å². The highest BCUT2D eigenvalue weighted by atomic mass is 19.4. The van der Waals surface area contributed by atoms with Crippen molar-refractivity contribution in [1.29, 1.82) is 0 Å². The van der Waals surface area contributed by atoms with Crippen molar-refractivity contribution in [2.24, 2.45) is 0 Å². The largest absolute Gasteiger partial charge is 0.491 e. The van der Waals surface area contributed by atoms with Gasteiger partial charge in [0.1, 0.15) is 5.52 Å². The first-order valence-electron chi connectivity index (χ1n) is 7.96. The molecule has 0 amide bonds. The Kier molecular flexibility index (Phi) is 5.04. The minimum absolute atomic E-state index is 0.0357. The van der Waals surface area contributed by atoms with Crippen molar-refractivity contribution in [3.63, 3.8) is 0 Å². The van der Waals surface area contributed by atoms with E-state index in [0.29, 0.717) is 26.2 Å². The first-order valence-corrected chi connectivity index (χ1v) is 7.96. The molecular weight excluding hydrogens is 369 g/mol. The number of fused-ring (bicyclic) bond motifs is 1. The Balaban J connectivity index is 2.13.